The number of carboxylic acids is 1. The number of anilines is 1. The third kappa shape index (κ3) is 2.49. The van der Waals surface area contributed by atoms with Crippen molar-refractivity contribution < 1.29 is 19.2 Å². The summed E-state index contributed by atoms with van der Waals surface area (Å²) in [6.07, 6.45) is 0. The van der Waals surface area contributed by atoms with Crippen LogP contribution in [0.5, 0.6) is 0 Å². The fourth-order valence-corrected chi connectivity index (χ4v) is 1.34. The SMILES string of the molecule is CCN(C)c1cc(F)c(C(=O)O)cc1[N+](=O)[O-]. The predicted molar refractivity (Wildman–Crippen MR) is 59.0 cm³/mol. The van der Waals surface area contributed by atoms with E-state index >= 15 is 0 Å². The molecule has 1 aromatic rings. The van der Waals surface area contributed by atoms with E-state index in [-0.39, 0.29) is 5.69 Å². The van der Waals surface area contributed by atoms with Crippen LogP contribution >= 0.6 is 0 Å². The number of aromatic carboxylic acids is 1. The van der Waals surface area contributed by atoms with Crippen molar-refractivity contribution in [3.05, 3.63) is 33.6 Å². The summed E-state index contributed by atoms with van der Waals surface area (Å²) >= 11 is 0. The van der Waals surface area contributed by atoms with Crippen LogP contribution in [0.3, 0.4) is 0 Å². The molecule has 0 aromatic heterocycles. The van der Waals surface area contributed by atoms with Gasteiger partial charge >= 0.3 is 5.97 Å². The molecular weight excluding hydrogens is 231 g/mol. The highest BCUT2D eigenvalue weighted by atomic mass is 19.1. The fourth-order valence-electron chi connectivity index (χ4n) is 1.34. The highest BCUT2D eigenvalue weighted by molar-refractivity contribution is 5.90. The quantitative estimate of drug-likeness (QED) is 0.643. The van der Waals surface area contributed by atoms with Gasteiger partial charge < -0.3 is 10.0 Å². The van der Waals surface area contributed by atoms with Gasteiger partial charge in [-0.1, -0.05) is 0 Å². The number of nitro benzene ring substituents is 1. The lowest BCUT2D eigenvalue weighted by atomic mass is 10.1. The molecule has 1 N–H and O–H groups in total. The smallest absolute Gasteiger partial charge is 0.338 e. The number of benzene rings is 1. The van der Waals surface area contributed by atoms with Gasteiger partial charge in [0.2, 0.25) is 0 Å². The van der Waals surface area contributed by atoms with Gasteiger partial charge in [-0.3, -0.25) is 10.1 Å². The second kappa shape index (κ2) is 4.77. The number of carboxylic acid groups (broad SMARTS) is 1. The molecule has 92 valence electrons. The summed E-state index contributed by atoms with van der Waals surface area (Å²) in [5.74, 6) is -2.52. The molecule has 0 atom stereocenters. The van der Waals surface area contributed by atoms with Crippen molar-refractivity contribution in [2.75, 3.05) is 18.5 Å². The summed E-state index contributed by atoms with van der Waals surface area (Å²) in [6.45, 7) is 2.18. The minimum atomic E-state index is -1.53. The lowest BCUT2D eigenvalue weighted by Gasteiger charge is -2.17. The zero-order valence-corrected chi connectivity index (χ0v) is 9.31. The molecule has 6 nitrogen and oxygen atoms in total. The van der Waals surface area contributed by atoms with Crippen molar-refractivity contribution in [3.8, 4) is 0 Å². The van der Waals surface area contributed by atoms with Gasteiger partial charge in [0.15, 0.2) is 0 Å². The van der Waals surface area contributed by atoms with Crippen molar-refractivity contribution in [1.82, 2.24) is 0 Å². The molecule has 0 saturated carbocycles. The molecule has 0 saturated heterocycles. The predicted octanol–water partition coefficient (Wildman–Crippen LogP) is 1.89. The first-order chi connectivity index (χ1) is 7.88. The number of hydrogen-bond acceptors (Lipinski definition) is 4. The van der Waals surface area contributed by atoms with Crippen LogP contribution in [-0.4, -0.2) is 29.6 Å². The summed E-state index contributed by atoms with van der Waals surface area (Å²) < 4.78 is 13.4. The molecular formula is C10H11FN2O4. The van der Waals surface area contributed by atoms with E-state index in [2.05, 4.69) is 0 Å². The van der Waals surface area contributed by atoms with Gasteiger partial charge in [0.05, 0.1) is 4.92 Å². The maximum Gasteiger partial charge on any atom is 0.338 e. The molecule has 0 aliphatic carbocycles. The molecule has 0 amide bonds. The van der Waals surface area contributed by atoms with E-state index in [0.717, 1.165) is 12.1 Å². The minimum Gasteiger partial charge on any atom is -0.478 e. The third-order valence-corrected chi connectivity index (χ3v) is 2.38. The second-order valence-electron chi connectivity index (χ2n) is 3.40. The van der Waals surface area contributed by atoms with E-state index in [1.807, 2.05) is 0 Å². The topological polar surface area (TPSA) is 83.7 Å². The van der Waals surface area contributed by atoms with Gasteiger partial charge in [0, 0.05) is 25.7 Å². The number of nitrogens with zero attached hydrogens (tertiary/aromatic N) is 2. The monoisotopic (exact) mass is 242 g/mol. The van der Waals surface area contributed by atoms with E-state index in [1.165, 1.54) is 4.90 Å². The first-order valence-corrected chi connectivity index (χ1v) is 4.80. The van der Waals surface area contributed by atoms with E-state index in [4.69, 9.17) is 5.11 Å². The Labute approximate surface area is 96.4 Å². The number of nitro groups is 1. The summed E-state index contributed by atoms with van der Waals surface area (Å²) in [4.78, 5) is 22.2. The maximum atomic E-state index is 13.4. The van der Waals surface area contributed by atoms with E-state index in [0.29, 0.717) is 6.54 Å². The maximum absolute atomic E-state index is 13.4. The van der Waals surface area contributed by atoms with E-state index < -0.39 is 28.0 Å². The van der Waals surface area contributed by atoms with Crippen LogP contribution in [-0.2, 0) is 0 Å². The molecule has 7 heteroatoms. The van der Waals surface area contributed by atoms with Gasteiger partial charge in [-0.05, 0) is 6.92 Å². The van der Waals surface area contributed by atoms with E-state index in [9.17, 15) is 19.3 Å². The standard InChI is InChI=1S/C10H11FN2O4/c1-3-12(2)8-5-7(11)6(10(14)15)4-9(8)13(16)17/h4-5H,3H2,1-2H3,(H,14,15). The highest BCUT2D eigenvalue weighted by Crippen LogP contribution is 2.30. The summed E-state index contributed by atoms with van der Waals surface area (Å²) in [5, 5.41) is 19.5. The molecule has 17 heavy (non-hydrogen) atoms. The fraction of sp³-hybridized carbons (Fsp3) is 0.300. The van der Waals surface area contributed by atoms with Crippen LogP contribution in [0.25, 0.3) is 0 Å². The first-order valence-electron chi connectivity index (χ1n) is 4.80. The largest absolute Gasteiger partial charge is 0.478 e. The molecule has 0 aliphatic rings. The molecule has 0 aliphatic heterocycles. The van der Waals surface area contributed by atoms with Crippen LogP contribution in [0, 0.1) is 15.9 Å². The summed E-state index contributed by atoms with van der Waals surface area (Å²) in [6, 6.07) is 1.60. The van der Waals surface area contributed by atoms with Crippen LogP contribution < -0.4 is 4.90 Å². The molecule has 0 heterocycles. The van der Waals surface area contributed by atoms with Crippen molar-refractivity contribution >= 4 is 17.3 Å². The lowest BCUT2D eigenvalue weighted by molar-refractivity contribution is -0.384. The molecule has 0 unspecified atom stereocenters. The molecule has 0 bridgehead atoms. The van der Waals surface area contributed by atoms with Gasteiger partial charge in [-0.25, -0.2) is 9.18 Å². The Morgan fingerprint density at radius 1 is 1.59 bits per heavy atom. The normalized spacial score (nSPS) is 10.1. The molecule has 0 fully saturated rings. The molecule has 0 spiro atoms. The van der Waals surface area contributed by atoms with Crippen molar-refractivity contribution in [3.63, 3.8) is 0 Å². The van der Waals surface area contributed by atoms with Crippen molar-refractivity contribution in [1.29, 1.82) is 0 Å². The third-order valence-electron chi connectivity index (χ3n) is 2.38. The van der Waals surface area contributed by atoms with E-state index in [1.54, 1.807) is 14.0 Å². The van der Waals surface area contributed by atoms with Crippen LogP contribution in [0.4, 0.5) is 15.8 Å². The second-order valence-corrected chi connectivity index (χ2v) is 3.40. The Morgan fingerprint density at radius 2 is 2.18 bits per heavy atom. The van der Waals surface area contributed by atoms with Crippen molar-refractivity contribution in [2.24, 2.45) is 0 Å². The average Bonchev–Trinajstić information content (AvgIpc) is 2.26. The Bertz CT molecular complexity index is 476. The van der Waals surface area contributed by atoms with Crippen LogP contribution in [0.1, 0.15) is 17.3 Å². The zero-order chi connectivity index (χ0) is 13.2. The Hall–Kier alpha value is -2.18. The average molecular weight is 242 g/mol. The summed E-state index contributed by atoms with van der Waals surface area (Å²) in [5.41, 5.74) is -1.07. The number of carbonyl (C=O) groups is 1. The van der Waals surface area contributed by atoms with Gasteiger partial charge in [-0.15, -0.1) is 0 Å². The van der Waals surface area contributed by atoms with Gasteiger partial charge in [-0.2, -0.15) is 0 Å². The molecule has 0 radical (unpaired) electrons. The Kier molecular flexibility index (Phi) is 3.62. The first kappa shape index (κ1) is 12.9. The number of halogens is 1. The van der Waals surface area contributed by atoms with Crippen molar-refractivity contribution in [2.45, 2.75) is 6.92 Å². The Balaban J connectivity index is 3.46. The van der Waals surface area contributed by atoms with Gasteiger partial charge in [0.1, 0.15) is 17.1 Å². The van der Waals surface area contributed by atoms with Gasteiger partial charge in [0.25, 0.3) is 5.69 Å². The number of rotatable bonds is 4. The molecule has 1 aromatic carbocycles. The lowest BCUT2D eigenvalue weighted by Crippen LogP contribution is -2.18. The van der Waals surface area contributed by atoms with Crippen LogP contribution in [0.2, 0.25) is 0 Å². The zero-order valence-electron chi connectivity index (χ0n) is 9.31. The number of hydrogen-bond donors (Lipinski definition) is 1. The summed E-state index contributed by atoms with van der Waals surface area (Å²) in [7, 11) is 1.56. The van der Waals surface area contributed by atoms with Crippen LogP contribution in [0.15, 0.2) is 12.1 Å². The molecule has 1 rings (SSSR count). The Morgan fingerprint density at radius 3 is 2.59 bits per heavy atom. The highest BCUT2D eigenvalue weighted by Gasteiger charge is 2.23. The minimum absolute atomic E-state index is 0.0556.